The lowest BCUT2D eigenvalue weighted by Gasteiger charge is -2.22. The van der Waals surface area contributed by atoms with Crippen molar-refractivity contribution < 1.29 is 13.2 Å². The molecular formula is C8H15F3. The van der Waals surface area contributed by atoms with Gasteiger partial charge in [-0.1, -0.05) is 32.6 Å². The van der Waals surface area contributed by atoms with Gasteiger partial charge in [0.25, 0.3) is 0 Å². The maximum atomic E-state index is 10.4. The second kappa shape index (κ2) is 4.62. The third-order valence-electron chi connectivity index (χ3n) is 1.80. The molecule has 0 radical (unpaired) electrons. The van der Waals surface area contributed by atoms with E-state index in [4.69, 9.17) is 0 Å². The molecule has 0 aromatic rings. The Morgan fingerprint density at radius 1 is 1.27 bits per heavy atom. The monoisotopic (exact) mass is 168 g/mol. The Labute approximate surface area is 65.8 Å². The quantitative estimate of drug-likeness (QED) is 0.559. The highest BCUT2D eigenvalue weighted by atomic mass is 19.4. The minimum Gasteiger partial charge on any atom is -0.172 e. The zero-order chi connectivity index (χ0) is 8.91. The summed E-state index contributed by atoms with van der Waals surface area (Å²) in [5.41, 5.74) is 0. The fourth-order valence-electron chi connectivity index (χ4n) is 0.901. The Balaban J connectivity index is 0.000000187. The molecule has 1 saturated carbocycles. The van der Waals surface area contributed by atoms with Gasteiger partial charge in [0.2, 0.25) is 0 Å². The van der Waals surface area contributed by atoms with E-state index in [-0.39, 0.29) is 6.92 Å². The predicted molar refractivity (Wildman–Crippen MR) is 39.4 cm³/mol. The van der Waals surface area contributed by atoms with Crippen LogP contribution in [0.2, 0.25) is 0 Å². The smallest absolute Gasteiger partial charge is 0.172 e. The van der Waals surface area contributed by atoms with Crippen LogP contribution in [0.3, 0.4) is 0 Å². The van der Waals surface area contributed by atoms with Crippen LogP contribution in [0.15, 0.2) is 0 Å². The first kappa shape index (κ1) is 10.8. The molecule has 0 aromatic carbocycles. The van der Waals surface area contributed by atoms with Gasteiger partial charge in [0.05, 0.1) is 0 Å². The summed E-state index contributed by atoms with van der Waals surface area (Å²) < 4.78 is 31.1. The summed E-state index contributed by atoms with van der Waals surface area (Å²) in [7, 11) is 0. The van der Waals surface area contributed by atoms with Crippen LogP contribution in [0.4, 0.5) is 13.2 Å². The highest BCUT2D eigenvalue weighted by Crippen LogP contribution is 2.28. The summed E-state index contributed by atoms with van der Waals surface area (Å²) in [4.78, 5) is 0. The van der Waals surface area contributed by atoms with E-state index < -0.39 is 6.18 Å². The summed E-state index contributed by atoms with van der Waals surface area (Å²) in [5, 5.41) is 0. The molecule has 1 rings (SSSR count). The number of halogens is 3. The second-order valence-electron chi connectivity index (χ2n) is 2.99. The van der Waals surface area contributed by atoms with E-state index in [0.717, 1.165) is 5.92 Å². The molecule has 0 saturated heterocycles. The van der Waals surface area contributed by atoms with Crippen LogP contribution in [0.25, 0.3) is 0 Å². The normalized spacial score (nSPS) is 18.3. The van der Waals surface area contributed by atoms with E-state index in [1.807, 2.05) is 0 Å². The second-order valence-corrected chi connectivity index (χ2v) is 2.99. The van der Waals surface area contributed by atoms with E-state index in [2.05, 4.69) is 6.92 Å². The maximum absolute atomic E-state index is 10.4. The van der Waals surface area contributed by atoms with Gasteiger partial charge in [0, 0.05) is 6.92 Å². The maximum Gasteiger partial charge on any atom is 0.386 e. The van der Waals surface area contributed by atoms with Crippen molar-refractivity contribution in [3.63, 3.8) is 0 Å². The van der Waals surface area contributed by atoms with Crippen molar-refractivity contribution in [2.75, 3.05) is 0 Å². The molecule has 0 nitrogen and oxygen atoms in total. The van der Waals surface area contributed by atoms with E-state index in [0.29, 0.717) is 0 Å². The molecule has 1 aliphatic carbocycles. The van der Waals surface area contributed by atoms with Crippen molar-refractivity contribution in [1.29, 1.82) is 0 Å². The first-order valence-electron chi connectivity index (χ1n) is 4.00. The summed E-state index contributed by atoms with van der Waals surface area (Å²) >= 11 is 0. The number of rotatable bonds is 1. The number of alkyl halides is 3. The molecule has 68 valence electrons. The fourth-order valence-corrected chi connectivity index (χ4v) is 0.901. The van der Waals surface area contributed by atoms with Crippen molar-refractivity contribution in [2.45, 2.75) is 45.7 Å². The van der Waals surface area contributed by atoms with Crippen LogP contribution >= 0.6 is 0 Å². The van der Waals surface area contributed by atoms with Gasteiger partial charge in [-0.05, 0) is 5.92 Å². The van der Waals surface area contributed by atoms with Crippen LogP contribution in [-0.4, -0.2) is 6.18 Å². The summed E-state index contributed by atoms with van der Waals surface area (Å²) in [6.07, 6.45) is 1.94. The molecule has 3 heteroatoms. The minimum atomic E-state index is -4.00. The Morgan fingerprint density at radius 2 is 1.64 bits per heavy atom. The van der Waals surface area contributed by atoms with Gasteiger partial charge >= 0.3 is 6.18 Å². The lowest BCUT2D eigenvalue weighted by molar-refractivity contribution is -0.110. The molecule has 11 heavy (non-hydrogen) atoms. The molecule has 0 spiro atoms. The first-order chi connectivity index (χ1) is 4.93. The van der Waals surface area contributed by atoms with Gasteiger partial charge in [-0.3, -0.25) is 0 Å². The zero-order valence-corrected chi connectivity index (χ0v) is 7.04. The van der Waals surface area contributed by atoms with Crippen molar-refractivity contribution >= 4 is 0 Å². The van der Waals surface area contributed by atoms with Crippen LogP contribution < -0.4 is 0 Å². The zero-order valence-electron chi connectivity index (χ0n) is 7.04. The Morgan fingerprint density at radius 3 is 1.64 bits per heavy atom. The molecule has 0 amide bonds. The van der Waals surface area contributed by atoms with E-state index in [1.165, 1.54) is 25.7 Å². The van der Waals surface area contributed by atoms with E-state index in [9.17, 15) is 13.2 Å². The molecule has 1 aliphatic rings. The van der Waals surface area contributed by atoms with Crippen LogP contribution in [-0.2, 0) is 0 Å². The molecule has 0 unspecified atom stereocenters. The average molecular weight is 168 g/mol. The lowest BCUT2D eigenvalue weighted by Crippen LogP contribution is -2.08. The van der Waals surface area contributed by atoms with Gasteiger partial charge in [0.15, 0.2) is 0 Å². The van der Waals surface area contributed by atoms with Crippen LogP contribution in [0, 0.1) is 5.92 Å². The van der Waals surface area contributed by atoms with Crippen molar-refractivity contribution in [3.05, 3.63) is 0 Å². The van der Waals surface area contributed by atoms with Crippen LogP contribution in [0.5, 0.6) is 0 Å². The van der Waals surface area contributed by atoms with Gasteiger partial charge in [-0.15, -0.1) is 0 Å². The largest absolute Gasteiger partial charge is 0.386 e. The summed E-state index contributed by atoms with van der Waals surface area (Å²) in [6, 6.07) is 0. The lowest BCUT2D eigenvalue weighted by atomic mass is 9.84. The molecule has 0 aromatic heterocycles. The Bertz CT molecular complexity index is 83.2. The fraction of sp³-hybridized carbons (Fsp3) is 1.00. The van der Waals surface area contributed by atoms with Crippen molar-refractivity contribution in [1.82, 2.24) is 0 Å². The third-order valence-corrected chi connectivity index (χ3v) is 1.80. The molecule has 0 N–H and O–H groups in total. The highest BCUT2D eigenvalue weighted by molar-refractivity contribution is 4.66. The predicted octanol–water partition coefficient (Wildman–Crippen LogP) is 3.77. The van der Waals surface area contributed by atoms with E-state index in [1.54, 1.807) is 0 Å². The topological polar surface area (TPSA) is 0 Å². The number of hydrogen-bond acceptors (Lipinski definition) is 0. The molecule has 1 fully saturated rings. The summed E-state index contributed by atoms with van der Waals surface area (Å²) in [5.74, 6) is 1.12. The highest BCUT2D eigenvalue weighted by Gasteiger charge is 2.15. The molecule has 0 bridgehead atoms. The molecular weight excluding hydrogens is 153 g/mol. The molecule has 0 heterocycles. The third kappa shape index (κ3) is 9.79. The number of hydrogen-bond donors (Lipinski definition) is 0. The SMILES string of the molecule is CC(F)(F)F.CCC1CCC1. The van der Waals surface area contributed by atoms with E-state index >= 15 is 0 Å². The molecule has 0 aliphatic heterocycles. The van der Waals surface area contributed by atoms with Crippen molar-refractivity contribution in [3.8, 4) is 0 Å². The van der Waals surface area contributed by atoms with Gasteiger partial charge in [-0.2, -0.15) is 13.2 Å². The van der Waals surface area contributed by atoms with Gasteiger partial charge in [0.1, 0.15) is 0 Å². The van der Waals surface area contributed by atoms with Crippen molar-refractivity contribution in [2.24, 2.45) is 5.92 Å². The Hall–Kier alpha value is -0.210. The Kier molecular flexibility index (Phi) is 4.54. The molecule has 0 atom stereocenters. The van der Waals surface area contributed by atoms with Gasteiger partial charge in [-0.25, -0.2) is 0 Å². The first-order valence-corrected chi connectivity index (χ1v) is 4.00. The van der Waals surface area contributed by atoms with Gasteiger partial charge < -0.3 is 0 Å². The average Bonchev–Trinajstić information content (AvgIpc) is 1.55. The minimum absolute atomic E-state index is 0.188. The summed E-state index contributed by atoms with van der Waals surface area (Å²) in [6.45, 7) is 2.47. The standard InChI is InChI=1S/C6H12.C2H3F3/c1-2-6-4-3-5-6;1-2(3,4)5/h6H,2-5H2,1H3;1H3. The van der Waals surface area contributed by atoms with Crippen LogP contribution in [0.1, 0.15) is 39.5 Å².